The highest BCUT2D eigenvalue weighted by atomic mass is 32.1. The van der Waals surface area contributed by atoms with Crippen LogP contribution in [0.2, 0.25) is 0 Å². The molecule has 0 aliphatic carbocycles. The molecule has 1 aliphatic heterocycles. The van der Waals surface area contributed by atoms with Gasteiger partial charge in [0.1, 0.15) is 5.76 Å². The Morgan fingerprint density at radius 2 is 2.33 bits per heavy atom. The first-order valence-electron chi connectivity index (χ1n) is 7.43. The van der Waals surface area contributed by atoms with Crippen LogP contribution in [0, 0.1) is 12.3 Å². The highest BCUT2D eigenvalue weighted by molar-refractivity contribution is 7.14. The quantitative estimate of drug-likeness (QED) is 0.941. The second-order valence-corrected chi connectivity index (χ2v) is 7.44. The number of aryl methyl sites for hydroxylation is 1. The Morgan fingerprint density at radius 1 is 1.48 bits per heavy atom. The molecule has 3 rings (SSSR count). The Bertz CT molecular complexity index is 607. The maximum absolute atomic E-state index is 9.54. The number of hydrogen-bond donors (Lipinski definition) is 1. The number of likely N-dealkylation sites (tertiary alicyclic amines) is 1. The highest BCUT2D eigenvalue weighted by Gasteiger charge is 2.30. The summed E-state index contributed by atoms with van der Waals surface area (Å²) in [7, 11) is 0. The molecule has 0 saturated carbocycles. The Kier molecular flexibility index (Phi) is 4.15. The van der Waals surface area contributed by atoms with Crippen LogP contribution in [0.5, 0.6) is 0 Å². The summed E-state index contributed by atoms with van der Waals surface area (Å²) in [5.41, 5.74) is 0.0455. The van der Waals surface area contributed by atoms with Crippen molar-refractivity contribution in [1.82, 2.24) is 9.88 Å². The van der Waals surface area contributed by atoms with Crippen LogP contribution in [0.1, 0.15) is 30.4 Å². The molecule has 114 valence electrons. The summed E-state index contributed by atoms with van der Waals surface area (Å²) >= 11 is 1.69. The summed E-state index contributed by atoms with van der Waals surface area (Å²) < 4.78 is 5.62. The minimum absolute atomic E-state index is 0.0455. The third kappa shape index (κ3) is 3.36. The van der Waals surface area contributed by atoms with E-state index < -0.39 is 0 Å². The lowest BCUT2D eigenvalue weighted by molar-refractivity contribution is 0.0434. The van der Waals surface area contributed by atoms with Gasteiger partial charge >= 0.3 is 0 Å². The fraction of sp³-hybridized carbons (Fsp3) is 0.562. The van der Waals surface area contributed by atoms with Crippen LogP contribution in [-0.4, -0.2) is 34.7 Å². The predicted molar refractivity (Wildman–Crippen MR) is 84.3 cm³/mol. The van der Waals surface area contributed by atoms with Crippen LogP contribution in [0.4, 0.5) is 0 Å². The average molecular weight is 306 g/mol. The van der Waals surface area contributed by atoms with Crippen molar-refractivity contribution in [2.24, 2.45) is 5.41 Å². The van der Waals surface area contributed by atoms with E-state index in [1.54, 1.807) is 11.3 Å². The van der Waals surface area contributed by atoms with E-state index in [0.717, 1.165) is 49.0 Å². The summed E-state index contributed by atoms with van der Waals surface area (Å²) in [5.74, 6) is 1.76. The predicted octanol–water partition coefficient (Wildman–Crippen LogP) is 3.31. The maximum Gasteiger partial charge on any atom is 0.162 e. The third-order valence-corrected chi connectivity index (χ3v) is 5.12. The summed E-state index contributed by atoms with van der Waals surface area (Å²) in [4.78, 5) is 8.14. The van der Waals surface area contributed by atoms with E-state index in [4.69, 9.17) is 4.42 Å². The number of aliphatic hydroxyl groups excluding tert-OH is 1. The molecular weight excluding hydrogens is 284 g/mol. The first-order chi connectivity index (χ1) is 10.1. The van der Waals surface area contributed by atoms with E-state index in [9.17, 15) is 5.11 Å². The second-order valence-electron chi connectivity index (χ2n) is 6.33. The van der Waals surface area contributed by atoms with E-state index >= 15 is 0 Å². The van der Waals surface area contributed by atoms with Crippen molar-refractivity contribution in [2.75, 3.05) is 19.7 Å². The number of piperidine rings is 1. The van der Waals surface area contributed by atoms with Crippen molar-refractivity contribution in [1.29, 1.82) is 0 Å². The summed E-state index contributed by atoms with van der Waals surface area (Å²) in [5, 5.41) is 10.5. The molecule has 0 bridgehead atoms. The van der Waals surface area contributed by atoms with Gasteiger partial charge in [0.05, 0.1) is 0 Å². The van der Waals surface area contributed by atoms with Crippen LogP contribution >= 0.6 is 11.3 Å². The average Bonchev–Trinajstić information content (AvgIpc) is 3.08. The molecule has 1 atom stereocenters. The van der Waals surface area contributed by atoms with Crippen molar-refractivity contribution in [3.05, 3.63) is 29.0 Å². The first-order valence-corrected chi connectivity index (χ1v) is 8.24. The van der Waals surface area contributed by atoms with Crippen molar-refractivity contribution < 1.29 is 9.52 Å². The lowest BCUT2D eigenvalue weighted by Gasteiger charge is -2.39. The van der Waals surface area contributed by atoms with E-state index in [0.29, 0.717) is 0 Å². The van der Waals surface area contributed by atoms with Crippen molar-refractivity contribution in [3.8, 4) is 10.8 Å². The molecule has 1 aliphatic rings. The number of furan rings is 1. The number of rotatable bonds is 4. The van der Waals surface area contributed by atoms with Gasteiger partial charge in [-0.05, 0) is 38.4 Å². The number of aromatic nitrogens is 1. The molecule has 2 aromatic rings. The molecule has 0 spiro atoms. The number of nitrogens with zero attached hydrogens (tertiary/aromatic N) is 2. The zero-order valence-corrected chi connectivity index (χ0v) is 13.4. The Hall–Kier alpha value is -1.17. The molecule has 1 fully saturated rings. The highest BCUT2D eigenvalue weighted by Crippen LogP contribution is 2.32. The largest absolute Gasteiger partial charge is 0.459 e. The van der Waals surface area contributed by atoms with E-state index in [1.165, 1.54) is 4.88 Å². The number of aliphatic hydroxyl groups is 1. The Labute approximate surface area is 129 Å². The topological polar surface area (TPSA) is 49.5 Å². The van der Waals surface area contributed by atoms with E-state index in [-0.39, 0.29) is 12.0 Å². The lowest BCUT2D eigenvalue weighted by atomic mass is 9.83. The van der Waals surface area contributed by atoms with Crippen LogP contribution < -0.4 is 0 Å². The van der Waals surface area contributed by atoms with Crippen molar-refractivity contribution >= 4 is 11.3 Å². The summed E-state index contributed by atoms with van der Waals surface area (Å²) in [6.07, 6.45) is 4.21. The van der Waals surface area contributed by atoms with Crippen LogP contribution in [-0.2, 0) is 6.54 Å². The van der Waals surface area contributed by atoms with Crippen molar-refractivity contribution in [3.63, 3.8) is 0 Å². The van der Waals surface area contributed by atoms with Gasteiger partial charge in [0.2, 0.25) is 0 Å². The molecule has 0 aromatic carbocycles. The molecule has 2 aromatic heterocycles. The molecular formula is C16H22N2O2S. The lowest BCUT2D eigenvalue weighted by Crippen LogP contribution is -2.42. The smallest absolute Gasteiger partial charge is 0.162 e. The minimum Gasteiger partial charge on any atom is -0.459 e. The molecule has 5 heteroatoms. The van der Waals surface area contributed by atoms with Gasteiger partial charge in [0.15, 0.2) is 10.8 Å². The van der Waals surface area contributed by atoms with E-state index in [2.05, 4.69) is 16.8 Å². The van der Waals surface area contributed by atoms with Gasteiger partial charge in [-0.15, -0.1) is 11.3 Å². The molecule has 0 amide bonds. The molecule has 21 heavy (non-hydrogen) atoms. The second kappa shape index (κ2) is 5.91. The molecule has 4 nitrogen and oxygen atoms in total. The van der Waals surface area contributed by atoms with Gasteiger partial charge in [-0.2, -0.15) is 0 Å². The standard InChI is InChI=1S/C16H22N2O2S/c1-12-4-5-14(20-12)15-17-8-13(21-15)9-18-7-3-6-16(2,10-18)11-19/h4-5,8,19H,3,6-7,9-11H2,1-2H3. The van der Waals surface area contributed by atoms with Gasteiger partial charge < -0.3 is 9.52 Å². The Balaban J connectivity index is 1.67. The molecule has 1 N–H and O–H groups in total. The van der Waals surface area contributed by atoms with E-state index in [1.807, 2.05) is 25.3 Å². The first kappa shape index (κ1) is 14.8. The summed E-state index contributed by atoms with van der Waals surface area (Å²) in [6.45, 7) is 7.35. The monoisotopic (exact) mass is 306 g/mol. The SMILES string of the molecule is Cc1ccc(-c2ncc(CN3CCCC(C)(CO)C3)s2)o1. The molecule has 0 radical (unpaired) electrons. The van der Waals surface area contributed by atoms with Crippen LogP contribution in [0.25, 0.3) is 10.8 Å². The van der Waals surface area contributed by atoms with Crippen LogP contribution in [0.3, 0.4) is 0 Å². The molecule has 1 saturated heterocycles. The van der Waals surface area contributed by atoms with Gasteiger partial charge in [-0.3, -0.25) is 4.90 Å². The third-order valence-electron chi connectivity index (χ3n) is 4.13. The number of hydrogen-bond acceptors (Lipinski definition) is 5. The van der Waals surface area contributed by atoms with Gasteiger partial charge in [-0.1, -0.05) is 6.92 Å². The van der Waals surface area contributed by atoms with Gasteiger partial charge in [0, 0.05) is 36.2 Å². The maximum atomic E-state index is 9.54. The summed E-state index contributed by atoms with van der Waals surface area (Å²) in [6, 6.07) is 3.94. The minimum atomic E-state index is 0.0455. The molecule has 1 unspecified atom stereocenters. The normalized spacial score (nSPS) is 23.6. The zero-order chi connectivity index (χ0) is 14.9. The van der Waals surface area contributed by atoms with Gasteiger partial charge in [-0.25, -0.2) is 4.98 Å². The Morgan fingerprint density at radius 3 is 3.05 bits per heavy atom. The zero-order valence-electron chi connectivity index (χ0n) is 12.6. The molecule has 3 heterocycles. The fourth-order valence-corrected chi connectivity index (χ4v) is 3.87. The van der Waals surface area contributed by atoms with Gasteiger partial charge in [0.25, 0.3) is 0 Å². The van der Waals surface area contributed by atoms with Crippen LogP contribution in [0.15, 0.2) is 22.7 Å². The fourth-order valence-electron chi connectivity index (χ4n) is 2.96. The number of thiazole rings is 1. The van der Waals surface area contributed by atoms with Crippen molar-refractivity contribution in [2.45, 2.75) is 33.2 Å².